The number of nitrogens with one attached hydrogen (secondary N) is 1. The van der Waals surface area contributed by atoms with E-state index >= 15 is 4.39 Å². The molecule has 1 aromatic heterocycles. The molecule has 2 atom stereocenters. The third-order valence-corrected chi connectivity index (χ3v) is 5.64. The molecule has 19 heavy (non-hydrogen) atoms. The zero-order valence-electron chi connectivity index (χ0n) is 10.9. The molecule has 0 saturated carbocycles. The lowest BCUT2D eigenvalue weighted by molar-refractivity contribution is 0.0898. The zero-order chi connectivity index (χ0) is 12.9. The van der Waals surface area contributed by atoms with Crippen LogP contribution in [0.4, 0.5) is 4.39 Å². The lowest BCUT2D eigenvalue weighted by Gasteiger charge is -2.35. The number of piperidine rings is 1. The van der Waals surface area contributed by atoms with E-state index in [1.807, 2.05) is 0 Å². The first kappa shape index (κ1) is 11.9. The summed E-state index contributed by atoms with van der Waals surface area (Å²) in [5, 5.41) is 6.92. The molecule has 1 N–H and O–H groups in total. The van der Waals surface area contributed by atoms with Gasteiger partial charge in [-0.3, -0.25) is 0 Å². The number of fused-ring (bicyclic) bond motifs is 3. The van der Waals surface area contributed by atoms with Crippen LogP contribution >= 0.6 is 11.3 Å². The van der Waals surface area contributed by atoms with Gasteiger partial charge in [0.25, 0.3) is 0 Å². The minimum atomic E-state index is -0.999. The Kier molecular flexibility index (Phi) is 2.68. The van der Waals surface area contributed by atoms with Crippen molar-refractivity contribution in [3.05, 3.63) is 35.2 Å². The first-order valence-electron chi connectivity index (χ1n) is 7.12. The molecular weight excluding hydrogens is 257 g/mol. The SMILES string of the molecule is FC1(Cc2csc3ccccc23)CC2CCC(C1)N2. The van der Waals surface area contributed by atoms with E-state index in [-0.39, 0.29) is 0 Å². The Morgan fingerprint density at radius 2 is 1.95 bits per heavy atom. The molecule has 3 heteroatoms. The van der Waals surface area contributed by atoms with Crippen molar-refractivity contribution in [1.82, 2.24) is 5.32 Å². The fourth-order valence-electron chi connectivity index (χ4n) is 3.85. The van der Waals surface area contributed by atoms with E-state index in [1.54, 1.807) is 11.3 Å². The molecule has 4 rings (SSSR count). The molecule has 0 aliphatic carbocycles. The summed E-state index contributed by atoms with van der Waals surface area (Å²) in [5.41, 5.74) is 0.199. The Morgan fingerprint density at radius 1 is 1.21 bits per heavy atom. The average molecular weight is 275 g/mol. The molecule has 3 heterocycles. The molecule has 1 aromatic carbocycles. The van der Waals surface area contributed by atoms with Crippen LogP contribution in [0.3, 0.4) is 0 Å². The molecule has 1 nitrogen and oxygen atoms in total. The van der Waals surface area contributed by atoms with Crippen LogP contribution in [-0.2, 0) is 6.42 Å². The number of halogens is 1. The predicted octanol–water partition coefficient (Wildman–Crippen LogP) is 4.07. The van der Waals surface area contributed by atoms with E-state index < -0.39 is 5.67 Å². The first-order valence-corrected chi connectivity index (χ1v) is 8.00. The molecule has 2 aromatic rings. The zero-order valence-corrected chi connectivity index (χ0v) is 11.7. The van der Waals surface area contributed by atoms with Crippen molar-refractivity contribution >= 4 is 21.4 Å². The van der Waals surface area contributed by atoms with Gasteiger partial charge in [-0.2, -0.15) is 0 Å². The van der Waals surface area contributed by atoms with Crippen molar-refractivity contribution in [3.8, 4) is 0 Å². The van der Waals surface area contributed by atoms with Gasteiger partial charge in [0.15, 0.2) is 0 Å². The highest BCUT2D eigenvalue weighted by Crippen LogP contribution is 2.40. The van der Waals surface area contributed by atoms with Gasteiger partial charge in [0.05, 0.1) is 0 Å². The van der Waals surface area contributed by atoms with E-state index in [1.165, 1.54) is 15.6 Å². The Balaban J connectivity index is 1.64. The Morgan fingerprint density at radius 3 is 2.74 bits per heavy atom. The van der Waals surface area contributed by atoms with Crippen molar-refractivity contribution in [3.63, 3.8) is 0 Å². The Hall–Kier alpha value is -0.930. The van der Waals surface area contributed by atoms with Crippen LogP contribution in [0.1, 0.15) is 31.2 Å². The van der Waals surface area contributed by atoms with Gasteiger partial charge in [-0.05, 0) is 48.1 Å². The molecule has 0 amide bonds. The van der Waals surface area contributed by atoms with E-state index in [0.29, 0.717) is 31.3 Å². The average Bonchev–Trinajstić information content (AvgIpc) is 2.94. The van der Waals surface area contributed by atoms with Crippen molar-refractivity contribution in [2.45, 2.75) is 49.9 Å². The van der Waals surface area contributed by atoms with E-state index in [9.17, 15) is 0 Å². The third kappa shape index (κ3) is 2.09. The maximum atomic E-state index is 15.2. The van der Waals surface area contributed by atoms with Crippen LogP contribution in [-0.4, -0.2) is 17.8 Å². The number of alkyl halides is 1. The fraction of sp³-hybridized carbons (Fsp3) is 0.500. The summed E-state index contributed by atoms with van der Waals surface area (Å²) in [6, 6.07) is 9.18. The quantitative estimate of drug-likeness (QED) is 0.871. The highest BCUT2D eigenvalue weighted by atomic mass is 32.1. The summed E-state index contributed by atoms with van der Waals surface area (Å²) in [6.45, 7) is 0. The summed E-state index contributed by atoms with van der Waals surface area (Å²) >= 11 is 1.74. The van der Waals surface area contributed by atoms with Crippen LogP contribution in [0, 0.1) is 0 Å². The van der Waals surface area contributed by atoms with Gasteiger partial charge in [0.2, 0.25) is 0 Å². The smallest absolute Gasteiger partial charge is 0.118 e. The number of hydrogen-bond donors (Lipinski definition) is 1. The van der Waals surface area contributed by atoms with Gasteiger partial charge >= 0.3 is 0 Å². The summed E-state index contributed by atoms with van der Waals surface area (Å²) in [5.74, 6) is 0. The number of hydrogen-bond acceptors (Lipinski definition) is 2. The number of thiophene rings is 1. The molecule has 0 spiro atoms. The van der Waals surface area contributed by atoms with Crippen LogP contribution < -0.4 is 5.32 Å². The molecule has 100 valence electrons. The highest BCUT2D eigenvalue weighted by molar-refractivity contribution is 7.17. The Bertz CT molecular complexity index is 594. The predicted molar refractivity (Wildman–Crippen MR) is 78.5 cm³/mol. The van der Waals surface area contributed by atoms with Gasteiger partial charge in [0, 0.05) is 23.2 Å². The largest absolute Gasteiger partial charge is 0.311 e. The molecule has 2 unspecified atom stereocenters. The maximum Gasteiger partial charge on any atom is 0.118 e. The lowest BCUT2D eigenvalue weighted by atomic mass is 9.84. The molecule has 2 bridgehead atoms. The van der Waals surface area contributed by atoms with E-state index in [0.717, 1.165) is 12.8 Å². The maximum absolute atomic E-state index is 15.2. The molecule has 2 aliphatic heterocycles. The number of benzene rings is 1. The van der Waals surface area contributed by atoms with Gasteiger partial charge < -0.3 is 5.32 Å². The van der Waals surface area contributed by atoms with Gasteiger partial charge in [0.1, 0.15) is 5.67 Å². The summed E-state index contributed by atoms with van der Waals surface area (Å²) < 4.78 is 16.4. The summed E-state index contributed by atoms with van der Waals surface area (Å²) in [6.07, 6.45) is 4.27. The molecule has 0 radical (unpaired) electrons. The van der Waals surface area contributed by atoms with Gasteiger partial charge in [-0.1, -0.05) is 18.2 Å². The third-order valence-electron chi connectivity index (χ3n) is 4.63. The Labute approximate surface area is 116 Å². The highest BCUT2D eigenvalue weighted by Gasteiger charge is 2.44. The van der Waals surface area contributed by atoms with Crippen LogP contribution in [0.2, 0.25) is 0 Å². The summed E-state index contributed by atoms with van der Waals surface area (Å²) in [7, 11) is 0. The van der Waals surface area contributed by atoms with Crippen molar-refractivity contribution < 1.29 is 4.39 Å². The van der Waals surface area contributed by atoms with E-state index in [4.69, 9.17) is 0 Å². The molecule has 2 aliphatic rings. The normalized spacial score (nSPS) is 33.9. The second-order valence-corrected chi connectivity index (χ2v) is 7.04. The summed E-state index contributed by atoms with van der Waals surface area (Å²) in [4.78, 5) is 0. The molecular formula is C16H18FNS. The van der Waals surface area contributed by atoms with Crippen molar-refractivity contribution in [2.75, 3.05) is 0 Å². The second kappa shape index (κ2) is 4.29. The second-order valence-electron chi connectivity index (χ2n) is 6.13. The number of rotatable bonds is 2. The molecule has 2 fully saturated rings. The fourth-order valence-corrected chi connectivity index (χ4v) is 4.81. The minimum Gasteiger partial charge on any atom is -0.311 e. The molecule has 2 saturated heterocycles. The monoisotopic (exact) mass is 275 g/mol. The van der Waals surface area contributed by atoms with Crippen LogP contribution in [0.15, 0.2) is 29.6 Å². The van der Waals surface area contributed by atoms with Crippen LogP contribution in [0.25, 0.3) is 10.1 Å². The first-order chi connectivity index (χ1) is 9.22. The van der Waals surface area contributed by atoms with Gasteiger partial charge in [-0.15, -0.1) is 11.3 Å². The van der Waals surface area contributed by atoms with Gasteiger partial charge in [-0.25, -0.2) is 4.39 Å². The van der Waals surface area contributed by atoms with Crippen molar-refractivity contribution in [1.29, 1.82) is 0 Å². The topological polar surface area (TPSA) is 12.0 Å². The van der Waals surface area contributed by atoms with Crippen LogP contribution in [0.5, 0.6) is 0 Å². The lowest BCUT2D eigenvalue weighted by Crippen LogP contribution is -2.47. The van der Waals surface area contributed by atoms with E-state index in [2.05, 4.69) is 35.0 Å². The minimum absolute atomic E-state index is 0.411. The standard InChI is InChI=1S/C16H18FNS/c17-16(8-12-5-6-13(9-16)18-12)7-11-10-19-15-4-2-1-3-14(11)15/h1-4,10,12-13,18H,5-9H2. The van der Waals surface area contributed by atoms with Crippen molar-refractivity contribution in [2.24, 2.45) is 0 Å².